The van der Waals surface area contributed by atoms with Crippen LogP contribution in [0.5, 0.6) is 5.75 Å². The maximum atomic E-state index is 11.9. The van der Waals surface area contributed by atoms with Crippen LogP contribution < -0.4 is 21.1 Å². The molecule has 2 amide bonds. The molecule has 0 fully saturated rings. The summed E-state index contributed by atoms with van der Waals surface area (Å²) in [5.74, 6) is 0.872. The van der Waals surface area contributed by atoms with Crippen molar-refractivity contribution in [2.45, 2.75) is 34.1 Å². The summed E-state index contributed by atoms with van der Waals surface area (Å²) in [6.07, 6.45) is 0.931. The lowest BCUT2D eigenvalue weighted by Gasteiger charge is -2.16. The van der Waals surface area contributed by atoms with Crippen LogP contribution in [0.1, 0.15) is 31.4 Å². The van der Waals surface area contributed by atoms with Crippen LogP contribution >= 0.6 is 0 Å². The van der Waals surface area contributed by atoms with E-state index in [-0.39, 0.29) is 5.96 Å². The zero-order valence-electron chi connectivity index (χ0n) is 13.1. The molecule has 0 unspecified atom stereocenters. The average Bonchev–Trinajstić information content (AvgIpc) is 2.43. The molecule has 21 heavy (non-hydrogen) atoms. The number of aryl methyl sites for hydroxylation is 1. The van der Waals surface area contributed by atoms with E-state index in [1.165, 1.54) is 0 Å². The van der Waals surface area contributed by atoms with E-state index in [2.05, 4.69) is 15.6 Å². The third kappa shape index (κ3) is 4.98. The number of anilines is 1. The molecule has 6 heteroatoms. The number of hydrogen-bond acceptors (Lipinski definition) is 3. The number of nitrogens with zero attached hydrogens (tertiary/aromatic N) is 1. The van der Waals surface area contributed by atoms with Gasteiger partial charge in [-0.3, -0.25) is 10.3 Å². The van der Waals surface area contributed by atoms with Gasteiger partial charge in [-0.1, -0.05) is 13.0 Å². The van der Waals surface area contributed by atoms with Crippen molar-refractivity contribution in [3.63, 3.8) is 0 Å². The summed E-state index contributed by atoms with van der Waals surface area (Å²) >= 11 is 0. The zero-order chi connectivity index (χ0) is 15.8. The molecule has 0 aliphatic rings. The largest absolute Gasteiger partial charge is 0.493 e. The van der Waals surface area contributed by atoms with Crippen molar-refractivity contribution in [3.8, 4) is 5.75 Å². The Hall–Kier alpha value is -2.24. The van der Waals surface area contributed by atoms with Crippen LogP contribution in [0.4, 0.5) is 10.5 Å². The van der Waals surface area contributed by atoms with Gasteiger partial charge in [-0.15, -0.1) is 0 Å². The van der Waals surface area contributed by atoms with Crippen molar-refractivity contribution in [3.05, 3.63) is 23.3 Å². The third-order valence-electron chi connectivity index (χ3n) is 2.89. The van der Waals surface area contributed by atoms with Gasteiger partial charge >= 0.3 is 6.03 Å². The molecule has 0 spiro atoms. The number of carbonyl (C=O) groups excluding carboxylic acids is 1. The van der Waals surface area contributed by atoms with E-state index in [1.807, 2.05) is 39.8 Å². The normalized spacial score (nSPS) is 11.1. The molecule has 0 aromatic heterocycles. The van der Waals surface area contributed by atoms with Crippen molar-refractivity contribution >= 4 is 17.7 Å². The Labute approximate surface area is 125 Å². The summed E-state index contributed by atoms with van der Waals surface area (Å²) in [6, 6.07) is 3.41. The molecule has 0 saturated heterocycles. The Morgan fingerprint density at radius 1 is 1.33 bits per heavy atom. The Morgan fingerprint density at radius 3 is 2.67 bits per heavy atom. The number of ether oxygens (including phenoxy) is 1. The summed E-state index contributed by atoms with van der Waals surface area (Å²) in [5.41, 5.74) is 8.14. The first kappa shape index (κ1) is 16.8. The van der Waals surface area contributed by atoms with Gasteiger partial charge in [0.1, 0.15) is 5.75 Å². The Kier molecular flexibility index (Phi) is 6.52. The standard InChI is InChI=1S/C15H24N4O2/c1-5-9-21-12-8-7-10(3)13(11(12)4)18-15(20)19-14(16)17-6-2/h7-8H,5-6,9H2,1-4H3,(H4,16,17,18,19,20). The van der Waals surface area contributed by atoms with Crippen LogP contribution in [-0.2, 0) is 0 Å². The van der Waals surface area contributed by atoms with Crippen LogP contribution in [-0.4, -0.2) is 25.1 Å². The monoisotopic (exact) mass is 292 g/mol. The second kappa shape index (κ2) is 8.14. The predicted octanol–water partition coefficient (Wildman–Crippen LogP) is 2.55. The first-order chi connectivity index (χ1) is 9.99. The molecule has 1 aromatic carbocycles. The van der Waals surface area contributed by atoms with Crippen molar-refractivity contribution in [1.29, 1.82) is 0 Å². The Balaban J connectivity index is 2.86. The predicted molar refractivity (Wildman–Crippen MR) is 86.0 cm³/mol. The molecule has 0 heterocycles. The maximum Gasteiger partial charge on any atom is 0.326 e. The fourth-order valence-electron chi connectivity index (χ4n) is 1.86. The smallest absolute Gasteiger partial charge is 0.326 e. The van der Waals surface area contributed by atoms with Gasteiger partial charge in [0.2, 0.25) is 0 Å². The highest BCUT2D eigenvalue weighted by molar-refractivity contribution is 6.02. The number of rotatable bonds is 5. The van der Waals surface area contributed by atoms with Gasteiger partial charge in [0, 0.05) is 12.1 Å². The number of carbonyl (C=O) groups is 1. The van der Waals surface area contributed by atoms with Crippen LogP contribution in [0.2, 0.25) is 0 Å². The molecule has 1 rings (SSSR count). The summed E-state index contributed by atoms with van der Waals surface area (Å²) in [7, 11) is 0. The van der Waals surface area contributed by atoms with Gasteiger partial charge < -0.3 is 15.8 Å². The number of guanidine groups is 1. The molecule has 1 aromatic rings. The van der Waals surface area contributed by atoms with E-state index in [1.54, 1.807) is 0 Å². The molecular weight excluding hydrogens is 268 g/mol. The summed E-state index contributed by atoms with van der Waals surface area (Å²) in [6.45, 7) is 8.89. The lowest BCUT2D eigenvalue weighted by molar-refractivity contribution is 0.256. The molecular formula is C15H24N4O2. The quantitative estimate of drug-likeness (QED) is 0.575. The van der Waals surface area contributed by atoms with Gasteiger partial charge in [-0.2, -0.15) is 0 Å². The zero-order valence-corrected chi connectivity index (χ0v) is 13.1. The van der Waals surface area contributed by atoms with E-state index < -0.39 is 6.03 Å². The SMILES string of the molecule is CCCOc1ccc(C)c(NC(=O)NC(N)=NCC)c1C. The van der Waals surface area contributed by atoms with E-state index in [9.17, 15) is 4.79 Å². The molecule has 0 atom stereocenters. The highest BCUT2D eigenvalue weighted by Gasteiger charge is 2.12. The number of nitrogens with one attached hydrogen (secondary N) is 2. The van der Waals surface area contributed by atoms with Crippen molar-refractivity contribution in [2.24, 2.45) is 10.7 Å². The Morgan fingerprint density at radius 2 is 2.05 bits per heavy atom. The molecule has 0 radical (unpaired) electrons. The van der Waals surface area contributed by atoms with Crippen molar-refractivity contribution in [2.75, 3.05) is 18.5 Å². The molecule has 4 N–H and O–H groups in total. The van der Waals surface area contributed by atoms with Gasteiger partial charge in [0.25, 0.3) is 0 Å². The van der Waals surface area contributed by atoms with Gasteiger partial charge in [0.15, 0.2) is 5.96 Å². The molecule has 0 aliphatic heterocycles. The number of nitrogens with two attached hydrogens (primary N) is 1. The van der Waals surface area contributed by atoms with Crippen LogP contribution in [0.15, 0.2) is 17.1 Å². The minimum atomic E-state index is -0.413. The van der Waals surface area contributed by atoms with E-state index in [4.69, 9.17) is 10.5 Å². The van der Waals surface area contributed by atoms with Crippen LogP contribution in [0, 0.1) is 13.8 Å². The maximum absolute atomic E-state index is 11.9. The lowest BCUT2D eigenvalue weighted by Crippen LogP contribution is -2.39. The molecule has 6 nitrogen and oxygen atoms in total. The molecule has 116 valence electrons. The number of urea groups is 1. The van der Waals surface area contributed by atoms with Crippen LogP contribution in [0.25, 0.3) is 0 Å². The number of benzene rings is 1. The summed E-state index contributed by atoms with van der Waals surface area (Å²) in [4.78, 5) is 15.8. The third-order valence-corrected chi connectivity index (χ3v) is 2.89. The molecule has 0 saturated carbocycles. The van der Waals surface area contributed by atoms with Crippen molar-refractivity contribution < 1.29 is 9.53 Å². The van der Waals surface area contributed by atoms with Crippen LogP contribution in [0.3, 0.4) is 0 Å². The fraction of sp³-hybridized carbons (Fsp3) is 0.467. The minimum Gasteiger partial charge on any atom is -0.493 e. The Bertz CT molecular complexity index is 527. The first-order valence-electron chi connectivity index (χ1n) is 7.10. The van der Waals surface area contributed by atoms with Gasteiger partial charge in [0.05, 0.1) is 12.3 Å². The second-order valence-corrected chi connectivity index (χ2v) is 4.67. The van der Waals surface area contributed by atoms with E-state index in [0.717, 1.165) is 29.0 Å². The molecule has 0 aliphatic carbocycles. The highest BCUT2D eigenvalue weighted by Crippen LogP contribution is 2.29. The van der Waals surface area contributed by atoms with E-state index in [0.29, 0.717) is 13.2 Å². The second-order valence-electron chi connectivity index (χ2n) is 4.67. The fourth-order valence-corrected chi connectivity index (χ4v) is 1.86. The molecule has 0 bridgehead atoms. The topological polar surface area (TPSA) is 88.7 Å². The van der Waals surface area contributed by atoms with E-state index >= 15 is 0 Å². The summed E-state index contributed by atoms with van der Waals surface area (Å²) in [5, 5.41) is 5.28. The average molecular weight is 292 g/mol. The highest BCUT2D eigenvalue weighted by atomic mass is 16.5. The number of aliphatic imine (C=N–C) groups is 1. The lowest BCUT2D eigenvalue weighted by atomic mass is 10.1. The van der Waals surface area contributed by atoms with Gasteiger partial charge in [-0.25, -0.2) is 4.79 Å². The first-order valence-corrected chi connectivity index (χ1v) is 7.10. The number of amides is 2. The van der Waals surface area contributed by atoms with Crippen molar-refractivity contribution in [1.82, 2.24) is 5.32 Å². The van der Waals surface area contributed by atoms with Gasteiger partial charge in [-0.05, 0) is 38.8 Å². The minimum absolute atomic E-state index is 0.101. The number of hydrogen-bond donors (Lipinski definition) is 3. The summed E-state index contributed by atoms with van der Waals surface area (Å²) < 4.78 is 5.66.